The number of fused-ring (bicyclic) bond motifs is 2. The van der Waals surface area contributed by atoms with E-state index in [1.54, 1.807) is 0 Å². The summed E-state index contributed by atoms with van der Waals surface area (Å²) in [6.07, 6.45) is 0. The van der Waals surface area contributed by atoms with Crippen LogP contribution in [0.3, 0.4) is 0 Å². The molecule has 4 aromatic carbocycles. The third-order valence-corrected chi connectivity index (χ3v) is 6.89. The number of aliphatic hydroxyl groups excluding tert-OH is 1. The minimum absolute atomic E-state index is 0. The maximum absolute atomic E-state index is 9.34. The fraction of sp³-hybridized carbons (Fsp3) is 0.235. The van der Waals surface area contributed by atoms with E-state index in [0.717, 1.165) is 47.4 Å². The van der Waals surface area contributed by atoms with Crippen molar-refractivity contribution in [3.63, 3.8) is 0 Å². The molecule has 7 nitrogen and oxygen atoms in total. The van der Waals surface area contributed by atoms with Crippen LogP contribution in [-0.2, 0) is 31.0 Å². The zero-order chi connectivity index (χ0) is 28.4. The highest BCUT2D eigenvalue weighted by Gasteiger charge is 2.11. The molecule has 2 heterocycles. The highest BCUT2D eigenvalue weighted by atomic mass is 35.5. The molecular formula is C34H38ClN5O2. The van der Waals surface area contributed by atoms with Gasteiger partial charge in [-0.05, 0) is 37.4 Å². The van der Waals surface area contributed by atoms with Gasteiger partial charge in [-0.2, -0.15) is 10.2 Å². The van der Waals surface area contributed by atoms with Crippen molar-refractivity contribution in [1.82, 2.24) is 24.5 Å². The number of likely N-dealkylation sites (N-methyl/N-ethyl adjacent to an activating group) is 1. The fourth-order valence-corrected chi connectivity index (χ4v) is 4.79. The second-order valence-electron chi connectivity index (χ2n) is 10.2. The number of aromatic nitrogens is 4. The second kappa shape index (κ2) is 15.3. The van der Waals surface area contributed by atoms with Crippen LogP contribution in [0.4, 0.5) is 0 Å². The van der Waals surface area contributed by atoms with E-state index < -0.39 is 0 Å². The van der Waals surface area contributed by atoms with Crippen molar-refractivity contribution in [1.29, 1.82) is 0 Å². The minimum atomic E-state index is -0.0255. The lowest BCUT2D eigenvalue weighted by atomic mass is 10.2. The summed E-state index contributed by atoms with van der Waals surface area (Å²) >= 11 is 0. The second-order valence-corrected chi connectivity index (χ2v) is 10.2. The summed E-state index contributed by atoms with van der Waals surface area (Å²) < 4.78 is 9.79. The van der Waals surface area contributed by atoms with Gasteiger partial charge < -0.3 is 14.7 Å². The normalized spacial score (nSPS) is 11.0. The molecule has 0 atom stereocenters. The summed E-state index contributed by atoms with van der Waals surface area (Å²) in [6.45, 7) is 3.66. The Morgan fingerprint density at radius 2 is 1.10 bits per heavy atom. The molecule has 0 amide bonds. The van der Waals surface area contributed by atoms with Crippen molar-refractivity contribution < 1.29 is 9.84 Å². The highest BCUT2D eigenvalue weighted by Crippen LogP contribution is 2.21. The molecule has 0 aliphatic rings. The summed E-state index contributed by atoms with van der Waals surface area (Å²) in [5, 5.41) is 20.8. The molecule has 0 saturated heterocycles. The van der Waals surface area contributed by atoms with Crippen molar-refractivity contribution in [2.24, 2.45) is 0 Å². The molecule has 0 aliphatic carbocycles. The van der Waals surface area contributed by atoms with Crippen LogP contribution >= 0.6 is 12.4 Å². The van der Waals surface area contributed by atoms with E-state index in [4.69, 9.17) is 9.84 Å². The molecule has 0 unspecified atom stereocenters. The maximum atomic E-state index is 9.34. The number of halogens is 1. The number of nitrogens with zero attached hydrogens (tertiary/aromatic N) is 5. The van der Waals surface area contributed by atoms with Crippen LogP contribution in [-0.4, -0.2) is 56.8 Å². The first-order chi connectivity index (χ1) is 20.1. The Morgan fingerprint density at radius 3 is 1.60 bits per heavy atom. The highest BCUT2D eigenvalue weighted by molar-refractivity contribution is 5.85. The molecule has 0 bridgehead atoms. The molecule has 1 N–H and O–H groups in total. The molecule has 6 rings (SSSR count). The summed E-state index contributed by atoms with van der Waals surface area (Å²) in [5.41, 5.74) is 6.42. The standard InChI is InChI=1S/C19H23N3O.C15H14N2O.ClH/c1-21(2)12-13-23-15-18-17-10-6-7-11-19(17)22(20-18)14-16-8-4-3-5-9-16;18-11-14-13-8-4-5-9-15(13)17(16-14)10-12-6-2-1-3-7-12;/h3-11H,12-15H2,1-2H3;1-9,18H,10-11H2;1H. The van der Waals surface area contributed by atoms with Gasteiger partial charge in [0.25, 0.3) is 0 Å². The Bertz CT molecular complexity index is 1670. The van der Waals surface area contributed by atoms with Gasteiger partial charge in [-0.25, -0.2) is 0 Å². The van der Waals surface area contributed by atoms with E-state index in [-0.39, 0.29) is 19.0 Å². The van der Waals surface area contributed by atoms with E-state index in [0.29, 0.717) is 13.2 Å². The molecule has 0 saturated carbocycles. The predicted molar refractivity (Wildman–Crippen MR) is 172 cm³/mol. The summed E-state index contributed by atoms with van der Waals surface area (Å²) in [6, 6.07) is 37.0. The average Bonchev–Trinajstić information content (AvgIpc) is 3.54. The summed E-state index contributed by atoms with van der Waals surface area (Å²) in [4.78, 5) is 2.12. The van der Waals surface area contributed by atoms with Crippen LogP contribution in [0.5, 0.6) is 0 Å². The molecule has 8 heteroatoms. The van der Waals surface area contributed by atoms with Crippen LogP contribution in [0.2, 0.25) is 0 Å². The van der Waals surface area contributed by atoms with Gasteiger partial charge in [0, 0.05) is 17.3 Å². The Morgan fingerprint density at radius 1 is 0.643 bits per heavy atom. The quantitative estimate of drug-likeness (QED) is 0.196. The number of hydrogen-bond donors (Lipinski definition) is 1. The Balaban J connectivity index is 0.000000193. The van der Waals surface area contributed by atoms with Gasteiger partial charge >= 0.3 is 0 Å². The zero-order valence-corrected chi connectivity index (χ0v) is 25.0. The molecule has 0 radical (unpaired) electrons. The van der Waals surface area contributed by atoms with Gasteiger partial charge in [0.1, 0.15) is 0 Å². The monoisotopic (exact) mass is 583 g/mol. The van der Waals surface area contributed by atoms with Crippen molar-refractivity contribution in [2.45, 2.75) is 26.3 Å². The first-order valence-electron chi connectivity index (χ1n) is 13.9. The fourth-order valence-electron chi connectivity index (χ4n) is 4.79. The van der Waals surface area contributed by atoms with Crippen molar-refractivity contribution in [2.75, 3.05) is 27.2 Å². The first-order valence-corrected chi connectivity index (χ1v) is 13.9. The smallest absolute Gasteiger partial charge is 0.0960 e. The molecule has 42 heavy (non-hydrogen) atoms. The van der Waals surface area contributed by atoms with E-state index in [9.17, 15) is 5.11 Å². The molecule has 2 aromatic heterocycles. The number of para-hydroxylation sites is 2. The molecule has 0 aliphatic heterocycles. The van der Waals surface area contributed by atoms with Crippen LogP contribution in [0.25, 0.3) is 21.8 Å². The minimum Gasteiger partial charge on any atom is -0.390 e. The van der Waals surface area contributed by atoms with Gasteiger partial charge in [-0.15, -0.1) is 12.4 Å². The lowest BCUT2D eigenvalue weighted by Gasteiger charge is -2.08. The van der Waals surface area contributed by atoms with Gasteiger partial charge in [0.05, 0.1) is 55.3 Å². The number of rotatable bonds is 10. The van der Waals surface area contributed by atoms with Gasteiger partial charge in [-0.1, -0.05) is 97.1 Å². The third kappa shape index (κ3) is 7.84. The number of aliphatic hydroxyl groups is 1. The van der Waals surface area contributed by atoms with Crippen molar-refractivity contribution in [3.8, 4) is 0 Å². The van der Waals surface area contributed by atoms with Gasteiger partial charge in [0.2, 0.25) is 0 Å². The molecule has 0 fully saturated rings. The Kier molecular flexibility index (Phi) is 11.3. The number of hydrogen-bond acceptors (Lipinski definition) is 5. The predicted octanol–water partition coefficient (Wildman–Crippen LogP) is 6.16. The largest absolute Gasteiger partial charge is 0.390 e. The third-order valence-electron chi connectivity index (χ3n) is 6.89. The van der Waals surface area contributed by atoms with Crippen molar-refractivity contribution >= 4 is 34.2 Å². The van der Waals surface area contributed by atoms with E-state index in [2.05, 4.69) is 75.3 Å². The van der Waals surface area contributed by atoms with Crippen molar-refractivity contribution in [3.05, 3.63) is 132 Å². The lowest BCUT2D eigenvalue weighted by molar-refractivity contribution is 0.103. The number of ether oxygens (including phenoxy) is 1. The van der Waals surface area contributed by atoms with Gasteiger partial charge in [0.15, 0.2) is 0 Å². The Hall–Kier alpha value is -4.01. The molecule has 218 valence electrons. The molecule has 0 spiro atoms. The molecule has 6 aromatic rings. The topological polar surface area (TPSA) is 68.3 Å². The van der Waals surface area contributed by atoms with Crippen LogP contribution < -0.4 is 0 Å². The van der Waals surface area contributed by atoms with Gasteiger partial charge in [-0.3, -0.25) is 9.36 Å². The van der Waals surface area contributed by atoms with Crippen LogP contribution in [0.15, 0.2) is 109 Å². The van der Waals surface area contributed by atoms with E-state index >= 15 is 0 Å². The maximum Gasteiger partial charge on any atom is 0.0960 e. The number of benzene rings is 4. The summed E-state index contributed by atoms with van der Waals surface area (Å²) in [7, 11) is 4.10. The summed E-state index contributed by atoms with van der Waals surface area (Å²) in [5.74, 6) is 0. The Labute approximate surface area is 253 Å². The zero-order valence-electron chi connectivity index (χ0n) is 24.1. The SMILES string of the molecule is CN(C)CCOCc1nn(Cc2ccccc2)c2ccccc12.Cl.OCc1nn(Cc2ccccc2)c2ccccc12. The lowest BCUT2D eigenvalue weighted by Crippen LogP contribution is -2.18. The average molecular weight is 584 g/mol. The van der Waals surface area contributed by atoms with E-state index in [1.165, 1.54) is 16.5 Å². The van der Waals surface area contributed by atoms with Crippen LogP contribution in [0, 0.1) is 0 Å². The van der Waals surface area contributed by atoms with Crippen LogP contribution in [0.1, 0.15) is 22.5 Å². The first kappa shape index (κ1) is 30.9. The molecular weight excluding hydrogens is 546 g/mol. The van der Waals surface area contributed by atoms with E-state index in [1.807, 2.05) is 67.3 Å².